The first-order valence-corrected chi connectivity index (χ1v) is 5.92. The van der Waals surface area contributed by atoms with E-state index < -0.39 is 29.0 Å². The molecule has 1 aliphatic rings. The van der Waals surface area contributed by atoms with Crippen LogP contribution in [0.2, 0.25) is 0 Å². The molecule has 0 unspecified atom stereocenters. The minimum absolute atomic E-state index is 0.0408. The molecule has 20 heavy (non-hydrogen) atoms. The number of pyridine rings is 1. The summed E-state index contributed by atoms with van der Waals surface area (Å²) in [7, 11) is 0. The van der Waals surface area contributed by atoms with Gasteiger partial charge in [0.1, 0.15) is 0 Å². The minimum Gasteiger partial charge on any atom is -0.449 e. The Balaban J connectivity index is 2.33. The van der Waals surface area contributed by atoms with Gasteiger partial charge >= 0.3 is 6.16 Å². The zero-order valence-corrected chi connectivity index (χ0v) is 10.1. The quantitative estimate of drug-likeness (QED) is 0.859. The number of hydrogen-bond donors (Lipinski definition) is 1. The molecule has 2 aromatic rings. The standard InChI is InChI=1S/C13H9F2NO4/c14-8-3-7-10(4-9(8)15)16(6-1-2-6)5-11(12(7)17)20-13(18)19/h3-6H,1-2H2,(H,18,19). The molecular formula is C13H9F2NO4. The zero-order valence-electron chi connectivity index (χ0n) is 10.1. The van der Waals surface area contributed by atoms with Gasteiger partial charge in [0, 0.05) is 12.1 Å². The molecule has 7 heteroatoms. The highest BCUT2D eigenvalue weighted by Gasteiger charge is 2.27. The van der Waals surface area contributed by atoms with E-state index >= 15 is 0 Å². The minimum atomic E-state index is -1.63. The van der Waals surface area contributed by atoms with Crippen molar-refractivity contribution in [3.8, 4) is 5.75 Å². The van der Waals surface area contributed by atoms with Gasteiger partial charge in [-0.05, 0) is 18.9 Å². The van der Waals surface area contributed by atoms with Crippen LogP contribution >= 0.6 is 0 Å². The summed E-state index contributed by atoms with van der Waals surface area (Å²) in [5, 5.41) is 8.50. The molecule has 1 aromatic carbocycles. The lowest BCUT2D eigenvalue weighted by atomic mass is 10.2. The van der Waals surface area contributed by atoms with E-state index in [1.807, 2.05) is 0 Å². The number of aromatic nitrogens is 1. The van der Waals surface area contributed by atoms with Crippen LogP contribution in [0, 0.1) is 11.6 Å². The highest BCUT2D eigenvalue weighted by molar-refractivity contribution is 5.81. The van der Waals surface area contributed by atoms with E-state index in [9.17, 15) is 18.4 Å². The fourth-order valence-corrected chi connectivity index (χ4v) is 2.14. The molecule has 1 aliphatic carbocycles. The molecule has 0 amide bonds. The van der Waals surface area contributed by atoms with Crippen LogP contribution in [0.4, 0.5) is 13.6 Å². The van der Waals surface area contributed by atoms with E-state index in [1.54, 1.807) is 4.57 Å². The summed E-state index contributed by atoms with van der Waals surface area (Å²) in [6.07, 6.45) is 1.24. The fraction of sp³-hybridized carbons (Fsp3) is 0.231. The van der Waals surface area contributed by atoms with Gasteiger partial charge in [0.2, 0.25) is 5.43 Å². The van der Waals surface area contributed by atoms with Crippen LogP contribution in [0.15, 0.2) is 23.1 Å². The fourth-order valence-electron chi connectivity index (χ4n) is 2.14. The van der Waals surface area contributed by atoms with Crippen molar-refractivity contribution in [1.82, 2.24) is 4.57 Å². The molecule has 0 spiro atoms. The molecule has 3 rings (SSSR count). The third-order valence-corrected chi connectivity index (χ3v) is 3.18. The maximum absolute atomic E-state index is 13.3. The molecule has 1 N–H and O–H groups in total. The largest absolute Gasteiger partial charge is 0.511 e. The molecule has 0 saturated heterocycles. The molecule has 1 saturated carbocycles. The average molecular weight is 281 g/mol. The maximum Gasteiger partial charge on any atom is 0.511 e. The smallest absolute Gasteiger partial charge is 0.449 e. The summed E-state index contributed by atoms with van der Waals surface area (Å²) in [6.45, 7) is 0. The molecule has 1 aromatic heterocycles. The molecule has 104 valence electrons. The van der Waals surface area contributed by atoms with Gasteiger partial charge in [0.25, 0.3) is 0 Å². The van der Waals surface area contributed by atoms with Gasteiger partial charge in [0.15, 0.2) is 17.4 Å². The van der Waals surface area contributed by atoms with Crippen molar-refractivity contribution in [2.24, 2.45) is 0 Å². The van der Waals surface area contributed by atoms with E-state index in [0.717, 1.165) is 25.0 Å². The number of carbonyl (C=O) groups is 1. The molecule has 1 fully saturated rings. The van der Waals surface area contributed by atoms with Crippen LogP contribution < -0.4 is 10.2 Å². The van der Waals surface area contributed by atoms with Crippen molar-refractivity contribution in [3.05, 3.63) is 40.2 Å². The van der Waals surface area contributed by atoms with Crippen molar-refractivity contribution in [1.29, 1.82) is 0 Å². The Labute approximate surface area is 111 Å². The van der Waals surface area contributed by atoms with E-state index in [1.165, 1.54) is 6.20 Å². The summed E-state index contributed by atoms with van der Waals surface area (Å²) in [6, 6.07) is 1.74. The van der Waals surface area contributed by atoms with Crippen LogP contribution in [-0.4, -0.2) is 15.8 Å². The van der Waals surface area contributed by atoms with Gasteiger partial charge in [-0.15, -0.1) is 0 Å². The Bertz CT molecular complexity index is 780. The van der Waals surface area contributed by atoms with E-state index in [2.05, 4.69) is 4.74 Å². The topological polar surface area (TPSA) is 68.5 Å². The molecular weight excluding hydrogens is 272 g/mol. The van der Waals surface area contributed by atoms with Crippen molar-refractivity contribution in [2.45, 2.75) is 18.9 Å². The first-order chi connectivity index (χ1) is 9.47. The van der Waals surface area contributed by atoms with E-state index in [-0.39, 0.29) is 16.9 Å². The predicted octanol–water partition coefficient (Wildman–Crippen LogP) is 2.67. The monoisotopic (exact) mass is 281 g/mol. The summed E-state index contributed by atoms with van der Waals surface area (Å²) in [5.41, 5.74) is -0.549. The number of halogens is 2. The van der Waals surface area contributed by atoms with Crippen molar-refractivity contribution in [2.75, 3.05) is 0 Å². The molecule has 1 heterocycles. The Morgan fingerprint density at radius 2 is 1.95 bits per heavy atom. The van der Waals surface area contributed by atoms with Crippen LogP contribution in [0.5, 0.6) is 5.75 Å². The Kier molecular flexibility index (Phi) is 2.70. The first kappa shape index (κ1) is 12.6. The van der Waals surface area contributed by atoms with Crippen molar-refractivity contribution in [3.63, 3.8) is 0 Å². The molecule has 0 aliphatic heterocycles. The van der Waals surface area contributed by atoms with Crippen LogP contribution in [0.25, 0.3) is 10.9 Å². The van der Waals surface area contributed by atoms with Crippen LogP contribution in [-0.2, 0) is 0 Å². The molecule has 5 nitrogen and oxygen atoms in total. The SMILES string of the molecule is O=C(O)Oc1cn(C2CC2)c2cc(F)c(F)cc2c1=O. The number of hydrogen-bond acceptors (Lipinski definition) is 3. The third kappa shape index (κ3) is 2.01. The molecule has 0 bridgehead atoms. The predicted molar refractivity (Wildman–Crippen MR) is 65.0 cm³/mol. The Morgan fingerprint density at radius 1 is 1.30 bits per heavy atom. The lowest BCUT2D eigenvalue weighted by Gasteiger charge is -2.12. The second kappa shape index (κ2) is 4.29. The summed E-state index contributed by atoms with van der Waals surface area (Å²) >= 11 is 0. The Morgan fingerprint density at radius 3 is 2.55 bits per heavy atom. The third-order valence-electron chi connectivity index (χ3n) is 3.18. The number of ether oxygens (including phenoxy) is 1. The maximum atomic E-state index is 13.3. The normalized spacial score (nSPS) is 14.5. The number of rotatable bonds is 2. The number of nitrogens with zero attached hydrogens (tertiary/aromatic N) is 1. The van der Waals surface area contributed by atoms with Gasteiger partial charge in [-0.1, -0.05) is 0 Å². The zero-order chi connectivity index (χ0) is 14.4. The first-order valence-electron chi connectivity index (χ1n) is 5.92. The van der Waals surface area contributed by atoms with E-state index in [4.69, 9.17) is 5.11 Å². The average Bonchev–Trinajstić information content (AvgIpc) is 3.19. The molecule has 0 radical (unpaired) electrons. The van der Waals surface area contributed by atoms with Crippen LogP contribution in [0.3, 0.4) is 0 Å². The number of benzene rings is 1. The lowest BCUT2D eigenvalue weighted by molar-refractivity contribution is 0.143. The van der Waals surface area contributed by atoms with Gasteiger partial charge in [-0.3, -0.25) is 4.79 Å². The summed E-state index contributed by atoms with van der Waals surface area (Å²) in [4.78, 5) is 22.6. The summed E-state index contributed by atoms with van der Waals surface area (Å²) in [5.74, 6) is -2.63. The van der Waals surface area contributed by atoms with Gasteiger partial charge in [-0.2, -0.15) is 0 Å². The van der Waals surface area contributed by atoms with E-state index in [0.29, 0.717) is 0 Å². The number of fused-ring (bicyclic) bond motifs is 1. The summed E-state index contributed by atoms with van der Waals surface area (Å²) < 4.78 is 32.6. The highest BCUT2D eigenvalue weighted by Crippen LogP contribution is 2.37. The van der Waals surface area contributed by atoms with Crippen molar-refractivity contribution < 1.29 is 23.4 Å². The van der Waals surface area contributed by atoms with Crippen molar-refractivity contribution >= 4 is 17.1 Å². The number of carboxylic acid groups (broad SMARTS) is 1. The highest BCUT2D eigenvalue weighted by atomic mass is 19.2. The second-order valence-corrected chi connectivity index (χ2v) is 4.61. The second-order valence-electron chi connectivity index (χ2n) is 4.61. The van der Waals surface area contributed by atoms with Crippen LogP contribution in [0.1, 0.15) is 18.9 Å². The van der Waals surface area contributed by atoms with Gasteiger partial charge in [0.05, 0.1) is 17.1 Å². The molecule has 0 atom stereocenters. The Hall–Kier alpha value is -2.44. The van der Waals surface area contributed by atoms with Gasteiger partial charge < -0.3 is 14.4 Å². The lowest BCUT2D eigenvalue weighted by Crippen LogP contribution is -2.16. The van der Waals surface area contributed by atoms with Gasteiger partial charge in [-0.25, -0.2) is 13.6 Å².